The second-order valence-electron chi connectivity index (χ2n) is 4.00. The summed E-state index contributed by atoms with van der Waals surface area (Å²) in [4.78, 5) is 27.0. The third-order valence-corrected chi connectivity index (χ3v) is 3.99. The number of carbonyl (C=O) groups is 2. The number of carbonyl (C=O) groups excluding carboxylic acids is 2. The molecule has 4 heteroatoms. The summed E-state index contributed by atoms with van der Waals surface area (Å²) in [6.07, 6.45) is 1.64. The van der Waals surface area contributed by atoms with Crippen molar-refractivity contribution in [1.29, 1.82) is 0 Å². The third-order valence-electron chi connectivity index (χ3n) is 2.77. The van der Waals surface area contributed by atoms with Crippen LogP contribution < -0.4 is 0 Å². The first-order valence-electron chi connectivity index (χ1n) is 5.56. The van der Waals surface area contributed by atoms with Crippen molar-refractivity contribution >= 4 is 23.0 Å². The molecule has 0 aromatic carbocycles. The standard InChI is InChI=1S/C12H15NO2S/c1-2-10-3-4-11(16-10)8-13-6-5-9(14)7-12(13)15/h3-4H,2,5-8H2,1H3. The highest BCUT2D eigenvalue weighted by Gasteiger charge is 2.23. The van der Waals surface area contributed by atoms with Crippen LogP contribution in [0.25, 0.3) is 0 Å². The first-order valence-corrected chi connectivity index (χ1v) is 6.37. The molecule has 86 valence electrons. The second-order valence-corrected chi connectivity index (χ2v) is 5.26. The van der Waals surface area contributed by atoms with Crippen LogP contribution in [0.3, 0.4) is 0 Å². The molecule has 1 aliphatic rings. The highest BCUT2D eigenvalue weighted by Crippen LogP contribution is 2.20. The number of Topliss-reactive ketones (excluding diaryl/α,β-unsaturated/α-hetero) is 1. The van der Waals surface area contributed by atoms with E-state index in [9.17, 15) is 9.59 Å². The number of amides is 1. The van der Waals surface area contributed by atoms with Crippen LogP contribution in [-0.2, 0) is 22.6 Å². The summed E-state index contributed by atoms with van der Waals surface area (Å²) in [6, 6.07) is 4.19. The van der Waals surface area contributed by atoms with Gasteiger partial charge in [-0.3, -0.25) is 9.59 Å². The normalized spacial score (nSPS) is 16.9. The molecular weight excluding hydrogens is 222 g/mol. The van der Waals surface area contributed by atoms with Gasteiger partial charge in [0.15, 0.2) is 0 Å². The van der Waals surface area contributed by atoms with E-state index in [0.717, 1.165) is 6.42 Å². The first kappa shape index (κ1) is 11.3. The van der Waals surface area contributed by atoms with Crippen LogP contribution in [0.5, 0.6) is 0 Å². The Bertz CT molecular complexity index is 411. The number of thiophene rings is 1. The van der Waals surface area contributed by atoms with Crippen molar-refractivity contribution in [2.45, 2.75) is 32.7 Å². The van der Waals surface area contributed by atoms with Gasteiger partial charge in [0, 0.05) is 22.7 Å². The Morgan fingerprint density at radius 1 is 1.31 bits per heavy atom. The van der Waals surface area contributed by atoms with E-state index in [4.69, 9.17) is 0 Å². The molecule has 0 bridgehead atoms. The predicted molar refractivity (Wildman–Crippen MR) is 63.4 cm³/mol. The molecule has 0 aliphatic carbocycles. The maximum absolute atomic E-state index is 11.6. The SMILES string of the molecule is CCc1ccc(CN2CCC(=O)CC2=O)s1. The van der Waals surface area contributed by atoms with E-state index in [-0.39, 0.29) is 18.1 Å². The second kappa shape index (κ2) is 4.78. The zero-order valence-electron chi connectivity index (χ0n) is 9.36. The maximum atomic E-state index is 11.6. The summed E-state index contributed by atoms with van der Waals surface area (Å²) >= 11 is 1.75. The quantitative estimate of drug-likeness (QED) is 0.754. The molecule has 1 saturated heterocycles. The molecule has 1 aromatic rings. The summed E-state index contributed by atoms with van der Waals surface area (Å²) < 4.78 is 0. The minimum absolute atomic E-state index is 0.0253. The van der Waals surface area contributed by atoms with Crippen molar-refractivity contribution in [2.24, 2.45) is 0 Å². The Morgan fingerprint density at radius 3 is 2.69 bits per heavy atom. The van der Waals surface area contributed by atoms with Crippen LogP contribution in [0.4, 0.5) is 0 Å². The summed E-state index contributed by atoms with van der Waals surface area (Å²) in [5.41, 5.74) is 0. The maximum Gasteiger partial charge on any atom is 0.230 e. The molecular formula is C12H15NO2S. The van der Waals surface area contributed by atoms with Crippen molar-refractivity contribution in [2.75, 3.05) is 6.54 Å². The highest BCUT2D eigenvalue weighted by molar-refractivity contribution is 7.11. The van der Waals surface area contributed by atoms with Gasteiger partial charge in [-0.15, -0.1) is 11.3 Å². The lowest BCUT2D eigenvalue weighted by molar-refractivity contribution is -0.139. The van der Waals surface area contributed by atoms with Crippen LogP contribution >= 0.6 is 11.3 Å². The Kier molecular flexibility index (Phi) is 3.39. The zero-order chi connectivity index (χ0) is 11.5. The van der Waals surface area contributed by atoms with Gasteiger partial charge >= 0.3 is 0 Å². The van der Waals surface area contributed by atoms with Gasteiger partial charge in [-0.25, -0.2) is 0 Å². The average Bonchev–Trinajstić information content (AvgIpc) is 2.70. The molecule has 1 amide bonds. The molecule has 3 nitrogen and oxygen atoms in total. The molecule has 0 atom stereocenters. The van der Waals surface area contributed by atoms with Crippen LogP contribution in [-0.4, -0.2) is 23.1 Å². The first-order chi connectivity index (χ1) is 7.69. The number of nitrogens with zero attached hydrogens (tertiary/aromatic N) is 1. The zero-order valence-corrected chi connectivity index (χ0v) is 10.2. The topological polar surface area (TPSA) is 37.4 Å². The van der Waals surface area contributed by atoms with Crippen molar-refractivity contribution in [1.82, 2.24) is 4.90 Å². The molecule has 0 spiro atoms. The molecule has 1 aromatic heterocycles. The molecule has 1 fully saturated rings. The Hall–Kier alpha value is -1.16. The summed E-state index contributed by atoms with van der Waals surface area (Å²) in [5, 5.41) is 0. The summed E-state index contributed by atoms with van der Waals surface area (Å²) in [6.45, 7) is 3.37. The summed E-state index contributed by atoms with van der Waals surface area (Å²) in [5.74, 6) is 0.0457. The van der Waals surface area contributed by atoms with Crippen molar-refractivity contribution in [3.63, 3.8) is 0 Å². The van der Waals surface area contributed by atoms with Crippen molar-refractivity contribution < 1.29 is 9.59 Å². The van der Waals surface area contributed by atoms with Gasteiger partial charge in [0.1, 0.15) is 5.78 Å². The van der Waals surface area contributed by atoms with Crippen molar-refractivity contribution in [3.8, 4) is 0 Å². The van der Waals surface area contributed by atoms with E-state index < -0.39 is 0 Å². The van der Waals surface area contributed by atoms with E-state index in [0.29, 0.717) is 19.5 Å². The van der Waals surface area contributed by atoms with Crippen molar-refractivity contribution in [3.05, 3.63) is 21.9 Å². The van der Waals surface area contributed by atoms with Gasteiger partial charge in [0.05, 0.1) is 13.0 Å². The van der Waals surface area contributed by atoms with Gasteiger partial charge in [-0.1, -0.05) is 6.92 Å². The largest absolute Gasteiger partial charge is 0.337 e. The van der Waals surface area contributed by atoms with Gasteiger partial charge in [-0.05, 0) is 18.6 Å². The van der Waals surface area contributed by atoms with E-state index in [1.807, 2.05) is 0 Å². The fourth-order valence-corrected chi connectivity index (χ4v) is 2.78. The van der Waals surface area contributed by atoms with E-state index in [1.54, 1.807) is 16.2 Å². The smallest absolute Gasteiger partial charge is 0.230 e. The van der Waals surface area contributed by atoms with E-state index >= 15 is 0 Å². The Labute approximate surface area is 99.1 Å². The van der Waals surface area contributed by atoms with E-state index in [2.05, 4.69) is 19.1 Å². The monoisotopic (exact) mass is 237 g/mol. The van der Waals surface area contributed by atoms with Gasteiger partial charge in [0.2, 0.25) is 5.91 Å². The van der Waals surface area contributed by atoms with Gasteiger partial charge < -0.3 is 4.90 Å². The van der Waals surface area contributed by atoms with Gasteiger partial charge in [0.25, 0.3) is 0 Å². The lowest BCUT2D eigenvalue weighted by Crippen LogP contribution is -2.38. The Balaban J connectivity index is 1.99. The lowest BCUT2D eigenvalue weighted by Gasteiger charge is -2.25. The molecule has 0 radical (unpaired) electrons. The van der Waals surface area contributed by atoms with Gasteiger partial charge in [-0.2, -0.15) is 0 Å². The molecule has 0 saturated carbocycles. The fraction of sp³-hybridized carbons (Fsp3) is 0.500. The third kappa shape index (κ3) is 2.50. The molecule has 0 N–H and O–H groups in total. The number of hydrogen-bond acceptors (Lipinski definition) is 3. The lowest BCUT2D eigenvalue weighted by atomic mass is 10.1. The number of rotatable bonds is 3. The molecule has 2 heterocycles. The number of piperidine rings is 1. The van der Waals surface area contributed by atoms with Crippen LogP contribution in [0.1, 0.15) is 29.5 Å². The molecule has 1 aliphatic heterocycles. The molecule has 2 rings (SSSR count). The molecule has 0 unspecified atom stereocenters. The molecule has 16 heavy (non-hydrogen) atoms. The van der Waals surface area contributed by atoms with Crippen LogP contribution in [0.2, 0.25) is 0 Å². The number of aryl methyl sites for hydroxylation is 1. The number of likely N-dealkylation sites (tertiary alicyclic amines) is 1. The predicted octanol–water partition coefficient (Wildman–Crippen LogP) is 2.00. The van der Waals surface area contributed by atoms with E-state index in [1.165, 1.54) is 9.75 Å². The average molecular weight is 237 g/mol. The fourth-order valence-electron chi connectivity index (χ4n) is 1.81. The van der Waals surface area contributed by atoms with Crippen LogP contribution in [0, 0.1) is 0 Å². The summed E-state index contributed by atoms with van der Waals surface area (Å²) in [7, 11) is 0. The van der Waals surface area contributed by atoms with Crippen LogP contribution in [0.15, 0.2) is 12.1 Å². The number of hydrogen-bond donors (Lipinski definition) is 0. The highest BCUT2D eigenvalue weighted by atomic mass is 32.1. The Morgan fingerprint density at radius 2 is 2.06 bits per heavy atom. The minimum Gasteiger partial charge on any atom is -0.337 e. The number of ketones is 1. The minimum atomic E-state index is -0.0253.